The fraction of sp³-hybridized carbons (Fsp3) is 0.222. The van der Waals surface area contributed by atoms with Crippen LogP contribution in [0.4, 0.5) is 21.1 Å². The smallest absolute Gasteiger partial charge is 0.308 e. The molecule has 12 heteroatoms. The van der Waals surface area contributed by atoms with Crippen LogP contribution in [0, 0.1) is 0 Å². The summed E-state index contributed by atoms with van der Waals surface area (Å²) in [6.45, 7) is 6.31. The molecule has 0 radical (unpaired) electrons. The molecule has 1 heterocycles. The number of benzene rings is 3. The van der Waals surface area contributed by atoms with Crippen molar-refractivity contribution in [2.45, 2.75) is 32.7 Å². The molecule has 11 nitrogen and oxygen atoms in total. The third kappa shape index (κ3) is 7.33. The van der Waals surface area contributed by atoms with Crippen LogP contribution in [0.1, 0.15) is 32.0 Å². The second kappa shape index (κ2) is 11.1. The summed E-state index contributed by atoms with van der Waals surface area (Å²) in [7, 11) is -3.69. The molecule has 5 N–H and O–H groups in total. The number of hydrogen-bond donors (Lipinski definition) is 5. The Morgan fingerprint density at radius 2 is 1.59 bits per heavy atom. The summed E-state index contributed by atoms with van der Waals surface area (Å²) in [6, 6.07) is 21.2. The van der Waals surface area contributed by atoms with Gasteiger partial charge in [0.1, 0.15) is 5.82 Å². The highest BCUT2D eigenvalue weighted by Gasteiger charge is 2.22. The molecule has 0 fully saturated rings. The van der Waals surface area contributed by atoms with Crippen molar-refractivity contribution in [3.63, 3.8) is 0 Å². The maximum absolute atomic E-state index is 12.8. The number of para-hydroxylation sites is 1. The minimum Gasteiger partial charge on any atom is -0.308 e. The zero-order chi connectivity index (χ0) is 28.2. The summed E-state index contributed by atoms with van der Waals surface area (Å²) in [5.41, 5.74) is 7.75. The maximum Gasteiger partial charge on any atom is 0.342 e. The van der Waals surface area contributed by atoms with Gasteiger partial charge in [0.05, 0.1) is 17.6 Å². The van der Waals surface area contributed by atoms with Gasteiger partial charge < -0.3 is 5.32 Å². The lowest BCUT2D eigenvalue weighted by Crippen LogP contribution is -2.45. The van der Waals surface area contributed by atoms with Gasteiger partial charge in [0, 0.05) is 23.7 Å². The molecule has 39 heavy (non-hydrogen) atoms. The predicted octanol–water partition coefficient (Wildman–Crippen LogP) is 4.23. The van der Waals surface area contributed by atoms with E-state index in [4.69, 9.17) is 5.10 Å². The molecule has 4 amide bonds. The maximum atomic E-state index is 12.8. The summed E-state index contributed by atoms with van der Waals surface area (Å²) < 4.78 is 26.1. The van der Waals surface area contributed by atoms with E-state index in [1.54, 1.807) is 16.8 Å². The van der Waals surface area contributed by atoms with E-state index in [1.165, 1.54) is 0 Å². The van der Waals surface area contributed by atoms with E-state index in [0.717, 1.165) is 28.3 Å². The number of sulfonamides is 1. The van der Waals surface area contributed by atoms with Crippen molar-refractivity contribution in [3.05, 3.63) is 84.1 Å². The van der Waals surface area contributed by atoms with Gasteiger partial charge in [0.25, 0.3) is 0 Å². The second-order valence-corrected chi connectivity index (χ2v) is 11.8. The van der Waals surface area contributed by atoms with E-state index in [1.807, 2.05) is 86.2 Å². The van der Waals surface area contributed by atoms with Gasteiger partial charge in [0.2, 0.25) is 10.0 Å². The summed E-state index contributed by atoms with van der Waals surface area (Å²) in [6.07, 6.45) is 0.894. The predicted molar refractivity (Wildman–Crippen MR) is 152 cm³/mol. The Morgan fingerprint density at radius 1 is 0.897 bits per heavy atom. The monoisotopic (exact) mass is 549 g/mol. The fourth-order valence-electron chi connectivity index (χ4n) is 3.89. The number of aromatic nitrogens is 2. The number of hydrogen-bond acceptors (Lipinski definition) is 6. The van der Waals surface area contributed by atoms with E-state index in [9.17, 15) is 18.0 Å². The number of fused-ring (bicyclic) bond motifs is 1. The number of hydrazine groups is 1. The number of amides is 4. The van der Waals surface area contributed by atoms with E-state index in [0.29, 0.717) is 17.2 Å². The van der Waals surface area contributed by atoms with Gasteiger partial charge in [-0.25, -0.2) is 32.8 Å². The van der Waals surface area contributed by atoms with Crippen molar-refractivity contribution >= 4 is 44.4 Å². The van der Waals surface area contributed by atoms with Crippen LogP contribution in [0.15, 0.2) is 72.8 Å². The molecular weight excluding hydrogens is 518 g/mol. The molecule has 0 unspecified atom stereocenters. The van der Waals surface area contributed by atoms with Crippen LogP contribution < -0.4 is 26.2 Å². The molecule has 0 saturated carbocycles. The lowest BCUT2D eigenvalue weighted by Gasteiger charge is -2.15. The standard InChI is InChI=1S/C27H31N7O4S/c1-27(2,3)23-16-24(30-25(35)29-20-11-6-5-7-12-20)34(32-23)21-14-18-10-8-9-13-22(18)19(15-21)17-28-31-26(36)33-39(4,37)38/h5-16,28H,17H2,1-4H3,(H2,29,30,35)(H2,31,33,36). The average Bonchev–Trinajstić information content (AvgIpc) is 3.27. The van der Waals surface area contributed by atoms with Crippen molar-refractivity contribution in [2.75, 3.05) is 16.9 Å². The van der Waals surface area contributed by atoms with Crippen LogP contribution in [-0.2, 0) is 22.0 Å². The molecule has 1 aromatic heterocycles. The van der Waals surface area contributed by atoms with E-state index < -0.39 is 22.1 Å². The van der Waals surface area contributed by atoms with E-state index in [-0.39, 0.29) is 12.0 Å². The molecule has 4 rings (SSSR count). The van der Waals surface area contributed by atoms with Crippen LogP contribution in [0.3, 0.4) is 0 Å². The summed E-state index contributed by atoms with van der Waals surface area (Å²) in [5.74, 6) is 0.480. The summed E-state index contributed by atoms with van der Waals surface area (Å²) >= 11 is 0. The molecule has 4 aromatic rings. The van der Waals surface area contributed by atoms with Gasteiger partial charge in [-0.2, -0.15) is 5.10 Å². The topological polar surface area (TPSA) is 146 Å². The Bertz CT molecular complexity index is 1610. The van der Waals surface area contributed by atoms with Crippen molar-refractivity contribution in [1.29, 1.82) is 0 Å². The minimum absolute atomic E-state index is 0.191. The molecule has 0 saturated heterocycles. The van der Waals surface area contributed by atoms with Crippen LogP contribution in [-0.4, -0.2) is 36.5 Å². The van der Waals surface area contributed by atoms with Crippen LogP contribution in [0.2, 0.25) is 0 Å². The molecule has 0 aliphatic carbocycles. The molecular formula is C27H31N7O4S. The first kappa shape index (κ1) is 27.6. The Hall–Kier alpha value is -4.42. The van der Waals surface area contributed by atoms with Gasteiger partial charge >= 0.3 is 12.1 Å². The van der Waals surface area contributed by atoms with E-state index >= 15 is 0 Å². The number of urea groups is 2. The number of nitrogens with zero attached hydrogens (tertiary/aromatic N) is 2. The molecule has 204 valence electrons. The molecule has 0 bridgehead atoms. The highest BCUT2D eigenvalue weighted by atomic mass is 32.2. The first-order valence-electron chi connectivity index (χ1n) is 12.2. The van der Waals surface area contributed by atoms with Crippen LogP contribution >= 0.6 is 0 Å². The van der Waals surface area contributed by atoms with Crippen LogP contribution in [0.25, 0.3) is 16.5 Å². The van der Waals surface area contributed by atoms with Gasteiger partial charge in [0.15, 0.2) is 0 Å². The lowest BCUT2D eigenvalue weighted by molar-refractivity contribution is 0.241. The van der Waals surface area contributed by atoms with Crippen molar-refractivity contribution in [1.82, 2.24) is 25.4 Å². The zero-order valence-electron chi connectivity index (χ0n) is 22.1. The Balaban J connectivity index is 1.67. The highest BCUT2D eigenvalue weighted by molar-refractivity contribution is 7.89. The third-order valence-electron chi connectivity index (χ3n) is 5.69. The van der Waals surface area contributed by atoms with Gasteiger partial charge in [-0.3, -0.25) is 10.7 Å². The first-order valence-corrected chi connectivity index (χ1v) is 14.0. The molecule has 0 spiro atoms. The molecule has 0 aliphatic rings. The number of rotatable bonds is 7. The fourth-order valence-corrected chi connectivity index (χ4v) is 4.28. The number of nitrogens with one attached hydrogen (secondary N) is 5. The third-order valence-corrected chi connectivity index (χ3v) is 6.24. The quantitative estimate of drug-likeness (QED) is 0.218. The minimum atomic E-state index is -3.69. The average molecular weight is 550 g/mol. The van der Waals surface area contributed by atoms with Crippen molar-refractivity contribution in [2.24, 2.45) is 0 Å². The number of carbonyl (C=O) groups is 2. The number of carbonyl (C=O) groups excluding carboxylic acids is 2. The normalized spacial score (nSPS) is 11.7. The van der Waals surface area contributed by atoms with E-state index in [2.05, 4.69) is 21.5 Å². The van der Waals surface area contributed by atoms with Crippen molar-refractivity contribution < 1.29 is 18.0 Å². The van der Waals surface area contributed by atoms with Crippen LogP contribution in [0.5, 0.6) is 0 Å². The SMILES string of the molecule is CC(C)(C)c1cc(NC(=O)Nc2ccccc2)n(-c2cc(CNNC(=O)NS(C)(=O)=O)c3ccccc3c2)n1. The largest absolute Gasteiger partial charge is 0.342 e. The zero-order valence-corrected chi connectivity index (χ0v) is 22.9. The van der Waals surface area contributed by atoms with Gasteiger partial charge in [-0.1, -0.05) is 63.2 Å². The number of anilines is 2. The summed E-state index contributed by atoms with van der Waals surface area (Å²) in [4.78, 5) is 24.7. The van der Waals surface area contributed by atoms with Gasteiger partial charge in [-0.05, 0) is 40.6 Å². The molecule has 3 aromatic carbocycles. The Morgan fingerprint density at radius 3 is 2.28 bits per heavy atom. The summed E-state index contributed by atoms with van der Waals surface area (Å²) in [5, 5.41) is 12.4. The highest BCUT2D eigenvalue weighted by Crippen LogP contribution is 2.29. The molecule has 0 atom stereocenters. The Labute approximate surface area is 227 Å². The molecule has 0 aliphatic heterocycles. The first-order chi connectivity index (χ1) is 18.4. The van der Waals surface area contributed by atoms with Gasteiger partial charge in [-0.15, -0.1) is 0 Å². The second-order valence-electron chi connectivity index (χ2n) is 10.0. The Kier molecular flexibility index (Phi) is 7.88. The lowest BCUT2D eigenvalue weighted by atomic mass is 9.92. The van der Waals surface area contributed by atoms with Crippen molar-refractivity contribution in [3.8, 4) is 5.69 Å².